The second kappa shape index (κ2) is 11.9. The Hall–Kier alpha value is -1.18. The molecule has 3 heterocycles. The molecule has 1 amide bonds. The largest absolute Gasteiger partial charge is 0.375 e. The summed E-state index contributed by atoms with van der Waals surface area (Å²) >= 11 is 0. The maximum absolute atomic E-state index is 12.6. The van der Waals surface area contributed by atoms with Gasteiger partial charge in [0.15, 0.2) is 5.82 Å². The molecule has 2 aliphatic rings. The Morgan fingerprint density at radius 1 is 1.17 bits per heavy atom. The standard InChI is InChI=1S/C21H36N4O3.ClH/c1-16(2)13-19-22-20(28-23-19)14-24-11-8-17(9-12-24)18-7-5-4-6-10-25(18)21(26)15-27-3;/h16-18H,4-15H2,1-3H3;1H. The molecule has 29 heavy (non-hydrogen) atoms. The molecule has 1 atom stereocenters. The van der Waals surface area contributed by atoms with Crippen molar-refractivity contribution < 1.29 is 14.1 Å². The van der Waals surface area contributed by atoms with Gasteiger partial charge in [-0.3, -0.25) is 9.69 Å². The van der Waals surface area contributed by atoms with Crippen LogP contribution in [0.25, 0.3) is 0 Å². The van der Waals surface area contributed by atoms with Gasteiger partial charge in [-0.2, -0.15) is 4.98 Å². The lowest BCUT2D eigenvalue weighted by Crippen LogP contribution is -2.48. The highest BCUT2D eigenvalue weighted by Crippen LogP contribution is 2.30. The van der Waals surface area contributed by atoms with E-state index in [4.69, 9.17) is 9.26 Å². The van der Waals surface area contributed by atoms with Gasteiger partial charge in [0.05, 0.1) is 6.54 Å². The lowest BCUT2D eigenvalue weighted by atomic mass is 9.86. The number of halogens is 1. The SMILES string of the molecule is COCC(=O)N1CCCCCC1C1CCN(Cc2nc(CC(C)C)no2)CC1.Cl. The van der Waals surface area contributed by atoms with Crippen LogP contribution in [0.4, 0.5) is 0 Å². The van der Waals surface area contributed by atoms with Gasteiger partial charge < -0.3 is 14.2 Å². The van der Waals surface area contributed by atoms with E-state index in [1.807, 2.05) is 0 Å². The monoisotopic (exact) mass is 428 g/mol. The molecule has 0 aromatic carbocycles. The van der Waals surface area contributed by atoms with E-state index in [1.54, 1.807) is 7.11 Å². The summed E-state index contributed by atoms with van der Waals surface area (Å²) in [6.45, 7) is 8.18. The maximum Gasteiger partial charge on any atom is 0.248 e. The van der Waals surface area contributed by atoms with Crippen LogP contribution in [0.5, 0.6) is 0 Å². The van der Waals surface area contributed by atoms with Gasteiger partial charge in [-0.05, 0) is 50.6 Å². The Labute approximate surface area is 180 Å². The summed E-state index contributed by atoms with van der Waals surface area (Å²) in [6, 6.07) is 0.369. The van der Waals surface area contributed by atoms with E-state index in [9.17, 15) is 4.79 Å². The molecule has 8 heteroatoms. The third kappa shape index (κ3) is 6.93. The molecule has 2 fully saturated rings. The number of carbonyl (C=O) groups excluding carboxylic acids is 1. The van der Waals surface area contributed by atoms with Crippen LogP contribution in [-0.2, 0) is 22.5 Å². The number of aromatic nitrogens is 2. The Morgan fingerprint density at radius 2 is 1.93 bits per heavy atom. The fourth-order valence-corrected chi connectivity index (χ4v) is 4.63. The van der Waals surface area contributed by atoms with Crippen LogP contribution in [0, 0.1) is 11.8 Å². The third-order valence-corrected chi connectivity index (χ3v) is 6.02. The molecule has 3 rings (SSSR count). The van der Waals surface area contributed by atoms with Crippen molar-refractivity contribution >= 4 is 18.3 Å². The summed E-state index contributed by atoms with van der Waals surface area (Å²) in [5.41, 5.74) is 0. The molecule has 2 aliphatic heterocycles. The first kappa shape index (κ1) is 24.1. The van der Waals surface area contributed by atoms with Crippen molar-refractivity contribution in [2.45, 2.75) is 71.4 Å². The lowest BCUT2D eigenvalue weighted by Gasteiger charge is -2.40. The van der Waals surface area contributed by atoms with Crippen LogP contribution in [0.1, 0.15) is 64.1 Å². The number of hydrogen-bond donors (Lipinski definition) is 0. The highest BCUT2D eigenvalue weighted by atomic mass is 35.5. The predicted octanol–water partition coefficient (Wildman–Crippen LogP) is 3.32. The first-order chi connectivity index (χ1) is 13.6. The molecule has 2 saturated heterocycles. The molecule has 1 aromatic rings. The summed E-state index contributed by atoms with van der Waals surface area (Å²) in [7, 11) is 1.60. The molecule has 0 aliphatic carbocycles. The fraction of sp³-hybridized carbons (Fsp3) is 0.857. The van der Waals surface area contributed by atoms with Crippen LogP contribution in [-0.4, -0.2) is 65.2 Å². The highest BCUT2D eigenvalue weighted by Gasteiger charge is 2.34. The zero-order valence-corrected chi connectivity index (χ0v) is 19.0. The Morgan fingerprint density at radius 3 is 2.62 bits per heavy atom. The van der Waals surface area contributed by atoms with Crippen LogP contribution >= 0.6 is 12.4 Å². The Kier molecular flexibility index (Phi) is 9.86. The quantitative estimate of drug-likeness (QED) is 0.663. The topological polar surface area (TPSA) is 71.7 Å². The lowest BCUT2D eigenvalue weighted by molar-refractivity contribution is -0.139. The van der Waals surface area contributed by atoms with Gasteiger partial charge in [0.25, 0.3) is 0 Å². The van der Waals surface area contributed by atoms with Gasteiger partial charge in [-0.15, -0.1) is 12.4 Å². The van der Waals surface area contributed by atoms with E-state index in [-0.39, 0.29) is 24.9 Å². The first-order valence-electron chi connectivity index (χ1n) is 10.9. The molecule has 0 radical (unpaired) electrons. The summed E-state index contributed by atoms with van der Waals surface area (Å²) in [5.74, 6) is 2.80. The average Bonchev–Trinajstić information content (AvgIpc) is 2.95. The number of rotatable bonds is 7. The first-order valence-corrected chi connectivity index (χ1v) is 10.9. The highest BCUT2D eigenvalue weighted by molar-refractivity contribution is 5.85. The molecular weight excluding hydrogens is 392 g/mol. The molecule has 0 saturated carbocycles. The third-order valence-electron chi connectivity index (χ3n) is 6.02. The number of hydrogen-bond acceptors (Lipinski definition) is 6. The molecule has 0 N–H and O–H groups in total. The Bertz CT molecular complexity index is 617. The summed E-state index contributed by atoms with van der Waals surface area (Å²) < 4.78 is 10.6. The van der Waals surface area contributed by atoms with Gasteiger partial charge in [-0.25, -0.2) is 0 Å². The molecule has 1 unspecified atom stereocenters. The minimum atomic E-state index is 0. The van der Waals surface area contributed by atoms with Crippen LogP contribution in [0.15, 0.2) is 4.52 Å². The van der Waals surface area contributed by atoms with Crippen LogP contribution in [0.2, 0.25) is 0 Å². The molecule has 0 spiro atoms. The predicted molar refractivity (Wildman–Crippen MR) is 114 cm³/mol. The van der Waals surface area contributed by atoms with Crippen molar-refractivity contribution in [3.63, 3.8) is 0 Å². The van der Waals surface area contributed by atoms with Crippen molar-refractivity contribution in [2.24, 2.45) is 11.8 Å². The van der Waals surface area contributed by atoms with E-state index >= 15 is 0 Å². The van der Waals surface area contributed by atoms with E-state index in [1.165, 1.54) is 12.8 Å². The van der Waals surface area contributed by atoms with Crippen LogP contribution < -0.4 is 0 Å². The average molecular weight is 429 g/mol. The van der Waals surface area contributed by atoms with Crippen molar-refractivity contribution in [1.82, 2.24) is 19.9 Å². The molecular formula is C21H37ClN4O3. The fourth-order valence-electron chi connectivity index (χ4n) is 4.63. The number of methoxy groups -OCH3 is 1. The number of nitrogens with zero attached hydrogens (tertiary/aromatic N) is 4. The van der Waals surface area contributed by atoms with E-state index in [0.29, 0.717) is 17.9 Å². The van der Waals surface area contributed by atoms with E-state index in [0.717, 1.165) is 70.0 Å². The smallest absolute Gasteiger partial charge is 0.248 e. The molecule has 7 nitrogen and oxygen atoms in total. The normalized spacial score (nSPS) is 21.8. The van der Waals surface area contributed by atoms with Gasteiger partial charge in [0.1, 0.15) is 6.61 Å². The summed E-state index contributed by atoms with van der Waals surface area (Å²) in [4.78, 5) is 21.6. The number of piperidine rings is 1. The van der Waals surface area contributed by atoms with Crippen molar-refractivity contribution in [2.75, 3.05) is 33.4 Å². The van der Waals surface area contributed by atoms with E-state index < -0.39 is 0 Å². The van der Waals surface area contributed by atoms with Gasteiger partial charge in [0, 0.05) is 26.1 Å². The van der Waals surface area contributed by atoms with Crippen molar-refractivity contribution in [3.8, 4) is 0 Å². The minimum absolute atomic E-state index is 0. The Balaban J connectivity index is 0.00000300. The van der Waals surface area contributed by atoms with Gasteiger partial charge in [0.2, 0.25) is 11.8 Å². The number of carbonyl (C=O) groups is 1. The molecule has 166 valence electrons. The summed E-state index contributed by atoms with van der Waals surface area (Å²) in [6.07, 6.45) is 7.79. The van der Waals surface area contributed by atoms with E-state index in [2.05, 4.69) is 33.8 Å². The minimum Gasteiger partial charge on any atom is -0.375 e. The number of ether oxygens (including phenoxy) is 1. The zero-order chi connectivity index (χ0) is 19.9. The number of likely N-dealkylation sites (tertiary alicyclic amines) is 2. The van der Waals surface area contributed by atoms with Gasteiger partial charge >= 0.3 is 0 Å². The van der Waals surface area contributed by atoms with Gasteiger partial charge in [-0.1, -0.05) is 31.8 Å². The molecule has 0 bridgehead atoms. The maximum atomic E-state index is 12.6. The summed E-state index contributed by atoms with van der Waals surface area (Å²) in [5, 5.41) is 4.10. The molecule has 1 aromatic heterocycles. The van der Waals surface area contributed by atoms with Crippen LogP contribution in [0.3, 0.4) is 0 Å². The zero-order valence-electron chi connectivity index (χ0n) is 18.1. The van der Waals surface area contributed by atoms with Crippen molar-refractivity contribution in [1.29, 1.82) is 0 Å². The second-order valence-corrected chi connectivity index (χ2v) is 8.75. The van der Waals surface area contributed by atoms with Crippen molar-refractivity contribution in [3.05, 3.63) is 11.7 Å². The second-order valence-electron chi connectivity index (χ2n) is 8.75. The number of amides is 1.